The maximum Gasteiger partial charge on any atom is 0.0466 e. The Morgan fingerprint density at radius 3 is 1.94 bits per heavy atom. The predicted molar refractivity (Wildman–Crippen MR) is 72.6 cm³/mol. The van der Waals surface area contributed by atoms with Gasteiger partial charge in [0.1, 0.15) is 0 Å². The van der Waals surface area contributed by atoms with Crippen molar-refractivity contribution in [2.24, 2.45) is 5.92 Å². The molecule has 0 bridgehead atoms. The van der Waals surface area contributed by atoms with E-state index in [-0.39, 0.29) is 0 Å². The van der Waals surface area contributed by atoms with Gasteiger partial charge in [-0.05, 0) is 18.8 Å². The Morgan fingerprint density at radius 1 is 0.812 bits per heavy atom. The fourth-order valence-corrected chi connectivity index (χ4v) is 1.84. The van der Waals surface area contributed by atoms with Crippen LogP contribution in [0.1, 0.15) is 71.6 Å². The van der Waals surface area contributed by atoms with Gasteiger partial charge in [0.25, 0.3) is 0 Å². The lowest BCUT2D eigenvalue weighted by Gasteiger charge is -2.04. The van der Waals surface area contributed by atoms with Crippen LogP contribution < -0.4 is 0 Å². The number of rotatable bonds is 12. The summed E-state index contributed by atoms with van der Waals surface area (Å²) in [6.07, 6.45) is 11.9. The quantitative estimate of drug-likeness (QED) is 0.426. The number of hydrogen-bond acceptors (Lipinski definition) is 1. The predicted octanol–water partition coefficient (Wildman–Crippen LogP) is 5.00. The first-order valence-corrected chi connectivity index (χ1v) is 7.14. The summed E-state index contributed by atoms with van der Waals surface area (Å²) in [5.74, 6) is 0.880. The van der Waals surface area contributed by atoms with Crippen LogP contribution in [0.15, 0.2) is 0 Å². The van der Waals surface area contributed by atoms with E-state index in [9.17, 15) is 0 Å². The molecule has 97 valence electrons. The Balaban J connectivity index is 2.88. The topological polar surface area (TPSA) is 9.23 Å². The zero-order valence-corrected chi connectivity index (χ0v) is 11.5. The van der Waals surface area contributed by atoms with E-state index >= 15 is 0 Å². The minimum absolute atomic E-state index is 0.829. The molecule has 0 unspecified atom stereocenters. The Hall–Kier alpha value is -0.0400. The molecule has 16 heavy (non-hydrogen) atoms. The molecule has 0 N–H and O–H groups in total. The second-order valence-corrected chi connectivity index (χ2v) is 5.12. The lowest BCUT2D eigenvalue weighted by molar-refractivity contribution is 0.134. The summed E-state index contributed by atoms with van der Waals surface area (Å²) in [4.78, 5) is 0. The van der Waals surface area contributed by atoms with Gasteiger partial charge in [-0.25, -0.2) is 0 Å². The molecular weight excluding hydrogens is 196 g/mol. The van der Waals surface area contributed by atoms with E-state index in [1.54, 1.807) is 0 Å². The second-order valence-electron chi connectivity index (χ2n) is 5.12. The molecule has 0 aromatic heterocycles. The van der Waals surface area contributed by atoms with Gasteiger partial charge < -0.3 is 4.74 Å². The van der Waals surface area contributed by atoms with Gasteiger partial charge in [0.05, 0.1) is 0 Å². The summed E-state index contributed by atoms with van der Waals surface area (Å²) in [7, 11) is 0. The fraction of sp³-hybridized carbons (Fsp3) is 0.933. The zero-order chi connectivity index (χ0) is 12.1. The summed E-state index contributed by atoms with van der Waals surface area (Å²) >= 11 is 0. The van der Waals surface area contributed by atoms with E-state index in [1.165, 1.54) is 51.4 Å². The second kappa shape index (κ2) is 13.0. The van der Waals surface area contributed by atoms with E-state index in [1.807, 2.05) is 0 Å². The normalized spacial score (nSPS) is 11.2. The van der Waals surface area contributed by atoms with Crippen LogP contribution in [0.5, 0.6) is 0 Å². The molecule has 1 nitrogen and oxygen atoms in total. The van der Waals surface area contributed by atoms with Crippen molar-refractivity contribution in [2.45, 2.75) is 71.6 Å². The highest BCUT2D eigenvalue weighted by Crippen LogP contribution is 2.11. The van der Waals surface area contributed by atoms with E-state index in [0.717, 1.165) is 25.6 Å². The van der Waals surface area contributed by atoms with Crippen molar-refractivity contribution in [1.29, 1.82) is 0 Å². The zero-order valence-electron chi connectivity index (χ0n) is 11.5. The highest BCUT2D eigenvalue weighted by Gasteiger charge is 1.95. The summed E-state index contributed by atoms with van der Waals surface area (Å²) in [6, 6.07) is 0. The maximum atomic E-state index is 5.39. The van der Waals surface area contributed by atoms with Gasteiger partial charge in [-0.15, -0.1) is 0 Å². The third-order valence-electron chi connectivity index (χ3n) is 2.86. The largest absolute Gasteiger partial charge is 0.381 e. The molecule has 0 saturated carbocycles. The van der Waals surface area contributed by atoms with Crippen LogP contribution >= 0.6 is 0 Å². The molecule has 0 aromatic carbocycles. The highest BCUT2D eigenvalue weighted by atomic mass is 16.5. The van der Waals surface area contributed by atoms with Crippen molar-refractivity contribution in [3.05, 3.63) is 6.92 Å². The first-order valence-electron chi connectivity index (χ1n) is 7.14. The Morgan fingerprint density at radius 2 is 1.38 bits per heavy atom. The third-order valence-corrected chi connectivity index (χ3v) is 2.86. The van der Waals surface area contributed by atoms with Gasteiger partial charge in [0.15, 0.2) is 0 Å². The van der Waals surface area contributed by atoms with E-state index < -0.39 is 0 Å². The molecule has 0 atom stereocenters. The van der Waals surface area contributed by atoms with E-state index in [4.69, 9.17) is 4.74 Å². The molecule has 0 heterocycles. The van der Waals surface area contributed by atoms with Crippen molar-refractivity contribution in [3.63, 3.8) is 0 Å². The van der Waals surface area contributed by atoms with Crippen molar-refractivity contribution in [3.8, 4) is 0 Å². The molecule has 0 aliphatic carbocycles. The van der Waals surface area contributed by atoms with Crippen molar-refractivity contribution >= 4 is 0 Å². The molecule has 1 radical (unpaired) electrons. The minimum Gasteiger partial charge on any atom is -0.381 e. The molecule has 0 saturated heterocycles. The molecular formula is C15H31O. The number of ether oxygens (including phenoxy) is 1. The van der Waals surface area contributed by atoms with Crippen LogP contribution in [0.25, 0.3) is 0 Å². The molecule has 0 aliphatic rings. The van der Waals surface area contributed by atoms with Crippen molar-refractivity contribution < 1.29 is 4.74 Å². The Labute approximate surface area is 103 Å². The molecule has 0 aliphatic heterocycles. The smallest absolute Gasteiger partial charge is 0.0466 e. The average molecular weight is 227 g/mol. The molecule has 0 aromatic rings. The Kier molecular flexibility index (Phi) is 13.0. The fourth-order valence-electron chi connectivity index (χ4n) is 1.84. The molecule has 0 rings (SSSR count). The summed E-state index contributed by atoms with van der Waals surface area (Å²) < 4.78 is 5.39. The van der Waals surface area contributed by atoms with E-state index in [2.05, 4.69) is 20.8 Å². The van der Waals surface area contributed by atoms with Gasteiger partial charge in [0.2, 0.25) is 0 Å². The standard InChI is InChI=1S/C15H31O/c1-4-13-16-14-11-9-7-5-6-8-10-12-15(2)3/h15H,1,4-14H2,2-3H3. The van der Waals surface area contributed by atoms with Crippen LogP contribution in [-0.2, 0) is 4.74 Å². The van der Waals surface area contributed by atoms with Gasteiger partial charge in [-0.1, -0.05) is 65.7 Å². The van der Waals surface area contributed by atoms with Crippen LogP contribution in [0, 0.1) is 12.8 Å². The van der Waals surface area contributed by atoms with Crippen molar-refractivity contribution in [1.82, 2.24) is 0 Å². The average Bonchev–Trinajstić information content (AvgIpc) is 2.25. The van der Waals surface area contributed by atoms with Gasteiger partial charge in [0, 0.05) is 13.2 Å². The first kappa shape index (κ1) is 16.0. The van der Waals surface area contributed by atoms with Gasteiger partial charge in [-0.3, -0.25) is 0 Å². The summed E-state index contributed by atoms with van der Waals surface area (Å²) in [6.45, 7) is 10.1. The molecule has 0 amide bonds. The summed E-state index contributed by atoms with van der Waals surface area (Å²) in [5, 5.41) is 0. The Bertz CT molecular complexity index is 121. The molecule has 0 spiro atoms. The minimum atomic E-state index is 0.829. The van der Waals surface area contributed by atoms with Crippen LogP contribution in [-0.4, -0.2) is 13.2 Å². The van der Waals surface area contributed by atoms with Crippen LogP contribution in [0.4, 0.5) is 0 Å². The van der Waals surface area contributed by atoms with Gasteiger partial charge in [-0.2, -0.15) is 0 Å². The number of hydrogen-bond donors (Lipinski definition) is 0. The van der Waals surface area contributed by atoms with Crippen LogP contribution in [0.3, 0.4) is 0 Å². The lowest BCUT2D eigenvalue weighted by Crippen LogP contribution is -1.95. The monoisotopic (exact) mass is 227 g/mol. The number of unbranched alkanes of at least 4 members (excludes halogenated alkanes) is 6. The molecule has 0 fully saturated rings. The maximum absolute atomic E-state index is 5.39. The third kappa shape index (κ3) is 14.0. The van der Waals surface area contributed by atoms with Gasteiger partial charge >= 0.3 is 0 Å². The SMILES string of the molecule is [CH2]CCOCCCCCCCCCC(C)C. The van der Waals surface area contributed by atoms with Crippen LogP contribution in [0.2, 0.25) is 0 Å². The molecule has 1 heteroatoms. The summed E-state index contributed by atoms with van der Waals surface area (Å²) in [5.41, 5.74) is 0. The lowest BCUT2D eigenvalue weighted by atomic mass is 10.0. The van der Waals surface area contributed by atoms with E-state index in [0.29, 0.717) is 0 Å². The van der Waals surface area contributed by atoms with Crippen molar-refractivity contribution in [2.75, 3.05) is 13.2 Å². The highest BCUT2D eigenvalue weighted by molar-refractivity contribution is 4.49. The first-order chi connectivity index (χ1) is 7.77.